The Kier molecular flexibility index (Phi) is 5.23. The topological polar surface area (TPSA) is 37.3 Å². The van der Waals surface area contributed by atoms with Crippen LogP contribution in [0.15, 0.2) is 23.8 Å². The van der Waals surface area contributed by atoms with Gasteiger partial charge in [-0.25, -0.2) is 0 Å². The molecule has 7 rings (SSSR count). The van der Waals surface area contributed by atoms with Crippen molar-refractivity contribution in [2.24, 2.45) is 23.2 Å². The number of benzene rings is 1. The summed E-state index contributed by atoms with van der Waals surface area (Å²) in [6.45, 7) is 4.81. The second kappa shape index (κ2) is 8.04. The molecule has 10 radical (unpaired) electrons. The van der Waals surface area contributed by atoms with Crippen molar-refractivity contribution < 1.29 is 9.90 Å². The van der Waals surface area contributed by atoms with Crippen molar-refractivity contribution in [3.63, 3.8) is 0 Å². The van der Waals surface area contributed by atoms with Gasteiger partial charge in [-0.05, 0) is 135 Å². The number of hydrogen-bond acceptors (Lipinski definition) is 2. The smallest absolute Gasteiger partial charge is 0.189 e. The largest absolute Gasteiger partial charge is 0.393 e. The van der Waals surface area contributed by atoms with Gasteiger partial charge in [0.2, 0.25) is 0 Å². The van der Waals surface area contributed by atoms with E-state index in [-0.39, 0.29) is 22.7 Å². The fourth-order valence-corrected chi connectivity index (χ4v) is 8.95. The number of aliphatic hydroxyl groups is 1. The van der Waals surface area contributed by atoms with Crippen LogP contribution in [0.1, 0.15) is 73.0 Å². The third-order valence-corrected chi connectivity index (χ3v) is 10.6. The second-order valence-corrected chi connectivity index (χ2v) is 12.2. The molecule has 0 aliphatic heterocycles. The van der Waals surface area contributed by atoms with Crippen LogP contribution in [0.5, 0.6) is 0 Å². The lowest BCUT2D eigenvalue weighted by Gasteiger charge is -2.58. The van der Waals surface area contributed by atoms with E-state index in [1.165, 1.54) is 22.6 Å². The van der Waals surface area contributed by atoms with E-state index < -0.39 is 0 Å². The molecule has 0 saturated heterocycles. The SMILES string of the molecule is C[C@]12CC[C@H]3[C@@H](Cc4c([C]5[CH][CH][CH][CH]5)ccc5c4[C@]3(C)C/C(=C/[C]3[CH][CH][CH][CH]3)C5=O)[C@@H]1CC[C@@H]2O. The molecule has 0 spiro atoms. The van der Waals surface area contributed by atoms with E-state index in [1.54, 1.807) is 0 Å². The number of allylic oxidation sites excluding steroid dienone is 2. The fourth-order valence-electron chi connectivity index (χ4n) is 8.95. The van der Waals surface area contributed by atoms with Gasteiger partial charge >= 0.3 is 0 Å². The summed E-state index contributed by atoms with van der Waals surface area (Å²) < 4.78 is 0. The lowest BCUT2D eigenvalue weighted by molar-refractivity contribution is -0.0552. The number of fused-ring (bicyclic) bond motifs is 4. The molecule has 1 aromatic carbocycles. The lowest BCUT2D eigenvalue weighted by Crippen LogP contribution is -2.54. The van der Waals surface area contributed by atoms with Crippen LogP contribution in [-0.2, 0) is 11.8 Å². The summed E-state index contributed by atoms with van der Waals surface area (Å²) in [4.78, 5) is 13.9. The van der Waals surface area contributed by atoms with Crippen molar-refractivity contribution in [3.8, 4) is 0 Å². The zero-order valence-corrected chi connectivity index (χ0v) is 20.8. The molecule has 1 N–H and O–H groups in total. The third-order valence-electron chi connectivity index (χ3n) is 10.6. The van der Waals surface area contributed by atoms with Crippen LogP contribution in [-0.4, -0.2) is 17.0 Å². The number of ketones is 1. The minimum Gasteiger partial charge on any atom is -0.393 e. The molecule has 0 bridgehead atoms. The minimum absolute atomic E-state index is 0.0333. The Bertz CT molecular complexity index is 1070. The Labute approximate surface area is 212 Å². The Morgan fingerprint density at radius 2 is 1.63 bits per heavy atom. The van der Waals surface area contributed by atoms with Crippen molar-refractivity contribution in [3.05, 3.63) is 109 Å². The number of Topliss-reactive ketones (excluding diaryl/α,β-unsaturated/α-hetero) is 1. The molecule has 2 heteroatoms. The van der Waals surface area contributed by atoms with Crippen molar-refractivity contribution in [2.45, 2.75) is 63.9 Å². The molecule has 35 heavy (non-hydrogen) atoms. The molecule has 2 nitrogen and oxygen atoms in total. The normalized spacial score (nSPS) is 42.4. The van der Waals surface area contributed by atoms with E-state index in [1.807, 2.05) is 12.8 Å². The molecule has 0 heterocycles. The van der Waals surface area contributed by atoms with Gasteiger partial charge in [0.05, 0.1) is 6.10 Å². The lowest BCUT2D eigenvalue weighted by atomic mass is 9.46. The van der Waals surface area contributed by atoms with E-state index in [0.717, 1.165) is 55.6 Å². The predicted molar refractivity (Wildman–Crippen MR) is 138 cm³/mol. The van der Waals surface area contributed by atoms with E-state index in [9.17, 15) is 9.90 Å². The van der Waals surface area contributed by atoms with E-state index >= 15 is 0 Å². The van der Waals surface area contributed by atoms with Gasteiger partial charge < -0.3 is 5.11 Å². The molecular formula is C33H34O2. The maximum atomic E-state index is 13.9. The monoisotopic (exact) mass is 462 g/mol. The number of aliphatic hydroxyl groups excluding tert-OH is 1. The van der Waals surface area contributed by atoms with Gasteiger partial charge in [-0.1, -0.05) is 32.1 Å². The molecule has 4 saturated carbocycles. The fraction of sp³-hybridized carbons (Fsp3) is 0.424. The number of carbonyl (C=O) groups is 1. The summed E-state index contributed by atoms with van der Waals surface area (Å²) >= 11 is 0. The van der Waals surface area contributed by atoms with Gasteiger partial charge in [0, 0.05) is 22.8 Å². The first-order valence-electron chi connectivity index (χ1n) is 13.4. The van der Waals surface area contributed by atoms with Crippen molar-refractivity contribution >= 4 is 5.78 Å². The van der Waals surface area contributed by atoms with Gasteiger partial charge in [0.15, 0.2) is 5.78 Å². The summed E-state index contributed by atoms with van der Waals surface area (Å²) in [6, 6.07) is 4.32. The summed E-state index contributed by atoms with van der Waals surface area (Å²) in [5.74, 6) is 4.25. The Hall–Kier alpha value is -1.41. The summed E-state index contributed by atoms with van der Waals surface area (Å²) in [5.41, 5.74) is 5.91. The van der Waals surface area contributed by atoms with Gasteiger partial charge in [0.1, 0.15) is 0 Å². The zero-order valence-electron chi connectivity index (χ0n) is 20.8. The molecule has 6 aliphatic rings. The Balaban J connectivity index is 1.39. The highest BCUT2D eigenvalue weighted by Gasteiger charge is 2.60. The van der Waals surface area contributed by atoms with Crippen LogP contribution in [0, 0.1) is 86.4 Å². The first-order valence-corrected chi connectivity index (χ1v) is 13.4. The Morgan fingerprint density at radius 1 is 0.914 bits per heavy atom. The van der Waals surface area contributed by atoms with Crippen LogP contribution in [0.25, 0.3) is 0 Å². The maximum Gasteiger partial charge on any atom is 0.189 e. The number of carbonyl (C=O) groups excluding carboxylic acids is 1. The quantitative estimate of drug-likeness (QED) is 0.550. The molecule has 6 aliphatic carbocycles. The molecule has 0 amide bonds. The second-order valence-electron chi connectivity index (χ2n) is 12.2. The van der Waals surface area contributed by atoms with Gasteiger partial charge in [-0.2, -0.15) is 0 Å². The first kappa shape index (κ1) is 22.8. The summed E-state index contributed by atoms with van der Waals surface area (Å²) in [6.07, 6.45) is 25.0. The summed E-state index contributed by atoms with van der Waals surface area (Å²) in [5, 5.41) is 11.0. The molecular weight excluding hydrogens is 428 g/mol. The number of rotatable bonds is 2. The molecule has 6 atom stereocenters. The molecule has 178 valence electrons. The van der Waals surface area contributed by atoms with Crippen molar-refractivity contribution in [2.75, 3.05) is 0 Å². The molecule has 4 fully saturated rings. The molecule has 0 unspecified atom stereocenters. The van der Waals surface area contributed by atoms with Crippen LogP contribution in [0.3, 0.4) is 0 Å². The average molecular weight is 463 g/mol. The third kappa shape index (κ3) is 3.20. The van der Waals surface area contributed by atoms with Gasteiger partial charge in [0.25, 0.3) is 0 Å². The van der Waals surface area contributed by atoms with E-state index in [0.29, 0.717) is 17.8 Å². The van der Waals surface area contributed by atoms with Gasteiger partial charge in [-0.3, -0.25) is 4.79 Å². The molecule has 1 aromatic rings. The van der Waals surface area contributed by atoms with E-state index in [2.05, 4.69) is 70.6 Å². The Morgan fingerprint density at radius 3 is 2.40 bits per heavy atom. The number of hydrogen-bond donors (Lipinski definition) is 1. The van der Waals surface area contributed by atoms with Crippen molar-refractivity contribution in [1.82, 2.24) is 0 Å². The van der Waals surface area contributed by atoms with Crippen LogP contribution < -0.4 is 0 Å². The highest BCUT2D eigenvalue weighted by atomic mass is 16.3. The van der Waals surface area contributed by atoms with E-state index in [4.69, 9.17) is 0 Å². The highest BCUT2D eigenvalue weighted by molar-refractivity contribution is 6.12. The minimum atomic E-state index is -0.177. The maximum absolute atomic E-state index is 13.9. The molecule has 0 aromatic heterocycles. The highest BCUT2D eigenvalue weighted by Crippen LogP contribution is 2.65. The van der Waals surface area contributed by atoms with Crippen molar-refractivity contribution in [1.29, 1.82) is 0 Å². The van der Waals surface area contributed by atoms with Crippen LogP contribution >= 0.6 is 0 Å². The first-order chi connectivity index (χ1) is 16.9. The zero-order chi connectivity index (χ0) is 23.9. The average Bonchev–Trinajstić information content (AvgIpc) is 3.60. The van der Waals surface area contributed by atoms with Gasteiger partial charge in [-0.15, -0.1) is 0 Å². The summed E-state index contributed by atoms with van der Waals surface area (Å²) in [7, 11) is 0. The standard InChI is InChI=1S/C33H34O2/c1-32-16-15-28-26(27(32)13-14-29(32)34)18-25-23(21-9-5-6-10-21)11-12-24-30(25)33(28,2)19-22(31(24)35)17-20-7-3-4-8-20/h3-12,17,26-29,34H,13-16,18-19H2,1-2H3/b22-17-/t26-,27-,28-,29-,32-,33+/m0/s1. The van der Waals surface area contributed by atoms with Crippen LogP contribution in [0.4, 0.5) is 0 Å². The van der Waals surface area contributed by atoms with Crippen LogP contribution in [0.2, 0.25) is 0 Å². The predicted octanol–water partition coefficient (Wildman–Crippen LogP) is 5.98.